The molecule has 0 radical (unpaired) electrons. The first-order chi connectivity index (χ1) is 16.7. The molecule has 1 fully saturated rings. The van der Waals surface area contributed by atoms with Gasteiger partial charge in [0.2, 0.25) is 5.91 Å². The van der Waals surface area contributed by atoms with Gasteiger partial charge in [-0.1, -0.05) is 6.07 Å². The van der Waals surface area contributed by atoms with E-state index in [1.165, 1.54) is 24.3 Å². The number of benzene rings is 2. The van der Waals surface area contributed by atoms with Crippen molar-refractivity contribution in [1.29, 1.82) is 0 Å². The Morgan fingerprint density at radius 1 is 1.29 bits per heavy atom. The van der Waals surface area contributed by atoms with Gasteiger partial charge in [0.15, 0.2) is 0 Å². The third-order valence-electron chi connectivity index (χ3n) is 5.77. The summed E-state index contributed by atoms with van der Waals surface area (Å²) < 4.78 is 29.3. The van der Waals surface area contributed by atoms with Crippen molar-refractivity contribution in [3.8, 4) is 11.3 Å². The molecule has 2 amide bonds. The fourth-order valence-corrected chi connectivity index (χ4v) is 4.56. The summed E-state index contributed by atoms with van der Waals surface area (Å²) in [6.45, 7) is -0.0633. The second kappa shape index (κ2) is 10.6. The second-order valence-electron chi connectivity index (χ2n) is 8.17. The number of aliphatic hydroxyl groups is 1. The van der Waals surface area contributed by atoms with Crippen molar-refractivity contribution in [1.82, 2.24) is 20.6 Å². The van der Waals surface area contributed by atoms with Crippen LogP contribution in [0.3, 0.4) is 0 Å². The van der Waals surface area contributed by atoms with Gasteiger partial charge in [0.1, 0.15) is 23.1 Å². The van der Waals surface area contributed by atoms with Gasteiger partial charge in [-0.05, 0) is 64.9 Å². The first kappa shape index (κ1) is 24.9. The zero-order valence-corrected chi connectivity index (χ0v) is 20.6. The number of hydrogen-bond donors (Lipinski definition) is 4. The Morgan fingerprint density at radius 2 is 2.09 bits per heavy atom. The topological polar surface area (TPSA) is 130 Å². The molecule has 0 saturated carbocycles. The number of halogens is 3. The van der Waals surface area contributed by atoms with Crippen LogP contribution in [0, 0.1) is 15.2 Å². The summed E-state index contributed by atoms with van der Waals surface area (Å²) in [4.78, 5) is 32.9. The first-order valence-corrected chi connectivity index (χ1v) is 11.9. The zero-order valence-electron chi connectivity index (χ0n) is 18.4. The fraction of sp³-hybridized carbons (Fsp3) is 0.250. The number of aromatic nitrogens is 2. The number of aliphatic hydroxyl groups excluding tert-OH is 1. The van der Waals surface area contributed by atoms with E-state index in [1.807, 2.05) is 22.6 Å². The molecule has 11 heteroatoms. The lowest BCUT2D eigenvalue weighted by Gasteiger charge is -2.22. The van der Waals surface area contributed by atoms with Crippen molar-refractivity contribution in [2.24, 2.45) is 0 Å². The lowest BCUT2D eigenvalue weighted by molar-refractivity contribution is -0.122. The van der Waals surface area contributed by atoms with Crippen LogP contribution in [0.1, 0.15) is 46.4 Å². The van der Waals surface area contributed by atoms with Gasteiger partial charge in [0.25, 0.3) is 5.91 Å². The Morgan fingerprint density at radius 3 is 2.74 bits per heavy atom. The van der Waals surface area contributed by atoms with Gasteiger partial charge in [-0.25, -0.2) is 18.7 Å². The van der Waals surface area contributed by atoms with Gasteiger partial charge in [0, 0.05) is 28.0 Å². The van der Waals surface area contributed by atoms with Crippen LogP contribution in [-0.4, -0.2) is 40.0 Å². The minimum absolute atomic E-state index is 0.0172. The number of amides is 2. The monoisotopic (exact) mass is 593 g/mol. The summed E-state index contributed by atoms with van der Waals surface area (Å²) in [6, 6.07) is 7.15. The molecular weight excluding hydrogens is 571 g/mol. The molecule has 0 spiro atoms. The predicted octanol–water partition coefficient (Wildman–Crippen LogP) is 3.07. The van der Waals surface area contributed by atoms with Gasteiger partial charge in [0.05, 0.1) is 30.1 Å². The number of nitrogen functional groups attached to an aromatic ring is 1. The van der Waals surface area contributed by atoms with Gasteiger partial charge >= 0.3 is 0 Å². The maximum absolute atomic E-state index is 15.0. The quantitative estimate of drug-likeness (QED) is 0.325. The van der Waals surface area contributed by atoms with E-state index in [2.05, 4.69) is 20.6 Å². The molecule has 182 valence electrons. The van der Waals surface area contributed by atoms with Crippen molar-refractivity contribution >= 4 is 40.2 Å². The molecule has 5 N–H and O–H groups in total. The van der Waals surface area contributed by atoms with Crippen molar-refractivity contribution in [3.05, 3.63) is 74.6 Å². The van der Waals surface area contributed by atoms with Crippen molar-refractivity contribution < 1.29 is 23.5 Å². The smallest absolute Gasteiger partial charge is 0.254 e. The standard InChI is InChI=1S/C24H22F2IN5O3/c25-15-5-14(6-16(27)8-15)20(11-33)32-24(35)17-3-1-12(7-18(17)26)22-23(28)30-10-19(31-22)13-2-4-21(34)29-9-13/h1,3,5-8,10,13,20,33H,2,4,9,11H2,(H2,28,30)(H,29,34)(H,32,35)/t13?,20-/m1/s1. The van der Waals surface area contributed by atoms with Crippen LogP contribution in [0.2, 0.25) is 0 Å². The minimum Gasteiger partial charge on any atom is -0.394 e. The average molecular weight is 593 g/mol. The van der Waals surface area contributed by atoms with Crippen molar-refractivity contribution in [2.75, 3.05) is 18.9 Å². The van der Waals surface area contributed by atoms with E-state index in [0.29, 0.717) is 39.8 Å². The van der Waals surface area contributed by atoms with E-state index >= 15 is 0 Å². The Hall–Kier alpha value is -3.19. The van der Waals surface area contributed by atoms with Crippen LogP contribution in [0.15, 0.2) is 42.6 Å². The molecule has 0 aliphatic carbocycles. The number of carbonyl (C=O) groups excluding carboxylic acids is 2. The molecule has 1 aliphatic rings. The van der Waals surface area contributed by atoms with E-state index in [-0.39, 0.29) is 28.9 Å². The molecule has 1 aliphatic heterocycles. The second-order valence-corrected chi connectivity index (χ2v) is 9.42. The number of nitrogens with two attached hydrogens (primary N) is 1. The van der Waals surface area contributed by atoms with Gasteiger partial charge in [-0.3, -0.25) is 9.59 Å². The SMILES string of the molecule is Nc1ncc(C2CCC(=O)NC2)nc1-c1ccc(C(=O)N[C@H](CO)c2cc(F)cc(I)c2)c(F)c1. The third-order valence-corrected chi connectivity index (χ3v) is 6.39. The molecule has 2 heterocycles. The van der Waals surface area contributed by atoms with Crippen LogP contribution in [0.5, 0.6) is 0 Å². The first-order valence-electron chi connectivity index (χ1n) is 10.8. The fourth-order valence-electron chi connectivity index (χ4n) is 3.90. The van der Waals surface area contributed by atoms with Crippen LogP contribution >= 0.6 is 22.6 Å². The van der Waals surface area contributed by atoms with E-state index < -0.39 is 30.2 Å². The summed E-state index contributed by atoms with van der Waals surface area (Å²) >= 11 is 1.93. The van der Waals surface area contributed by atoms with Crippen molar-refractivity contribution in [3.63, 3.8) is 0 Å². The predicted molar refractivity (Wildman–Crippen MR) is 133 cm³/mol. The molecule has 1 unspecified atom stereocenters. The summed E-state index contributed by atoms with van der Waals surface area (Å²) in [7, 11) is 0. The number of anilines is 1. The molecular formula is C24H22F2IN5O3. The Labute approximate surface area is 213 Å². The molecule has 4 rings (SSSR count). The molecule has 2 aromatic carbocycles. The number of nitrogens with zero attached hydrogens (tertiary/aromatic N) is 2. The molecule has 0 bridgehead atoms. The molecule has 8 nitrogen and oxygen atoms in total. The number of carbonyl (C=O) groups is 2. The van der Waals surface area contributed by atoms with E-state index in [4.69, 9.17) is 5.73 Å². The summed E-state index contributed by atoms with van der Waals surface area (Å²) in [5.41, 5.74) is 7.34. The number of rotatable bonds is 6. The third kappa shape index (κ3) is 5.73. The van der Waals surface area contributed by atoms with Gasteiger partial charge < -0.3 is 21.5 Å². The summed E-state index contributed by atoms with van der Waals surface area (Å²) in [5.74, 6) is -2.04. The molecule has 35 heavy (non-hydrogen) atoms. The van der Waals surface area contributed by atoms with Gasteiger partial charge in [-0.15, -0.1) is 0 Å². The minimum atomic E-state index is -0.917. The number of nitrogens with one attached hydrogen (secondary N) is 2. The highest BCUT2D eigenvalue weighted by Crippen LogP contribution is 2.29. The van der Waals surface area contributed by atoms with E-state index in [9.17, 15) is 23.5 Å². The van der Waals surface area contributed by atoms with Crippen LogP contribution in [0.4, 0.5) is 14.6 Å². The largest absolute Gasteiger partial charge is 0.394 e. The highest BCUT2D eigenvalue weighted by Gasteiger charge is 2.23. The lowest BCUT2D eigenvalue weighted by Crippen LogP contribution is -2.34. The molecule has 3 aromatic rings. The normalized spacial score (nSPS) is 16.5. The van der Waals surface area contributed by atoms with Crippen LogP contribution in [0.25, 0.3) is 11.3 Å². The maximum atomic E-state index is 15.0. The van der Waals surface area contributed by atoms with Crippen molar-refractivity contribution in [2.45, 2.75) is 24.8 Å². The zero-order chi connectivity index (χ0) is 25.1. The van der Waals surface area contributed by atoms with E-state index in [0.717, 1.165) is 6.07 Å². The number of hydrogen-bond acceptors (Lipinski definition) is 6. The molecule has 1 saturated heterocycles. The van der Waals surface area contributed by atoms with Gasteiger partial charge in [-0.2, -0.15) is 0 Å². The highest BCUT2D eigenvalue weighted by molar-refractivity contribution is 14.1. The maximum Gasteiger partial charge on any atom is 0.254 e. The Kier molecular flexibility index (Phi) is 7.55. The number of piperidine rings is 1. The summed E-state index contributed by atoms with van der Waals surface area (Å²) in [5, 5.41) is 15.0. The Bertz CT molecular complexity index is 1260. The van der Waals surface area contributed by atoms with E-state index in [1.54, 1.807) is 12.3 Å². The summed E-state index contributed by atoms with van der Waals surface area (Å²) in [6.07, 6.45) is 2.55. The molecule has 2 atom stereocenters. The lowest BCUT2D eigenvalue weighted by atomic mass is 9.96. The molecule has 1 aromatic heterocycles. The van der Waals surface area contributed by atoms with Crippen LogP contribution < -0.4 is 16.4 Å². The van der Waals surface area contributed by atoms with Crippen LogP contribution in [-0.2, 0) is 4.79 Å². The Balaban J connectivity index is 1.56. The highest BCUT2D eigenvalue weighted by atomic mass is 127. The average Bonchev–Trinajstić information content (AvgIpc) is 2.82.